The van der Waals surface area contributed by atoms with Crippen LogP contribution in [0.2, 0.25) is 0 Å². The number of nitrogens with one attached hydrogen (secondary N) is 2. The molecule has 0 saturated carbocycles. The Hall–Kier alpha value is -2.89. The van der Waals surface area contributed by atoms with Crippen LogP contribution in [0.4, 0.5) is 0 Å². The third-order valence-corrected chi connectivity index (χ3v) is 4.42. The lowest BCUT2D eigenvalue weighted by molar-refractivity contribution is -0.151. The minimum atomic E-state index is -0.958. The molecule has 28 heavy (non-hydrogen) atoms. The van der Waals surface area contributed by atoms with Crippen molar-refractivity contribution in [3.05, 3.63) is 53.2 Å². The topological polar surface area (TPSA) is 84.5 Å². The molecule has 2 amide bonds. The summed E-state index contributed by atoms with van der Waals surface area (Å²) in [5, 5.41) is 5.27. The number of rotatable bonds is 8. The van der Waals surface area contributed by atoms with Crippen LogP contribution in [-0.2, 0) is 19.1 Å². The van der Waals surface area contributed by atoms with Gasteiger partial charge in [0.05, 0.1) is 0 Å². The van der Waals surface area contributed by atoms with Crippen molar-refractivity contribution in [2.75, 3.05) is 6.54 Å². The van der Waals surface area contributed by atoms with Gasteiger partial charge in [0.2, 0.25) is 5.91 Å². The fraction of sp³-hybridized carbons (Fsp3) is 0.409. The summed E-state index contributed by atoms with van der Waals surface area (Å²) in [6.07, 6.45) is 8.25. The van der Waals surface area contributed by atoms with Crippen molar-refractivity contribution < 1.29 is 19.1 Å². The summed E-state index contributed by atoms with van der Waals surface area (Å²) in [7, 11) is 0. The first-order valence-electron chi connectivity index (χ1n) is 9.66. The zero-order chi connectivity index (χ0) is 20.4. The minimum Gasteiger partial charge on any atom is -0.448 e. The van der Waals surface area contributed by atoms with E-state index >= 15 is 0 Å². The van der Waals surface area contributed by atoms with Crippen LogP contribution < -0.4 is 10.6 Å². The van der Waals surface area contributed by atoms with E-state index < -0.39 is 18.0 Å². The van der Waals surface area contributed by atoms with E-state index in [4.69, 9.17) is 4.74 Å². The van der Waals surface area contributed by atoms with Gasteiger partial charge in [-0.2, -0.15) is 0 Å². The quantitative estimate of drug-likeness (QED) is 0.410. The van der Waals surface area contributed by atoms with Gasteiger partial charge < -0.3 is 15.4 Å². The predicted octanol–water partition coefficient (Wildman–Crippen LogP) is 3.10. The van der Waals surface area contributed by atoms with Crippen molar-refractivity contribution in [3.63, 3.8) is 0 Å². The second-order valence-electron chi connectivity index (χ2n) is 6.85. The van der Waals surface area contributed by atoms with E-state index in [1.54, 1.807) is 12.1 Å². The van der Waals surface area contributed by atoms with Crippen LogP contribution in [0, 0.1) is 0 Å². The number of benzene rings is 1. The molecular weight excluding hydrogens is 356 g/mol. The Morgan fingerprint density at radius 2 is 1.93 bits per heavy atom. The van der Waals surface area contributed by atoms with Crippen LogP contribution in [0.15, 0.2) is 47.7 Å². The third kappa shape index (κ3) is 7.39. The van der Waals surface area contributed by atoms with Gasteiger partial charge in [-0.15, -0.1) is 0 Å². The lowest BCUT2D eigenvalue weighted by Gasteiger charge is -2.16. The first-order valence-corrected chi connectivity index (χ1v) is 9.66. The summed E-state index contributed by atoms with van der Waals surface area (Å²) < 4.78 is 5.24. The molecule has 1 aromatic carbocycles. The number of esters is 1. The summed E-state index contributed by atoms with van der Waals surface area (Å²) in [5.74, 6) is -1.50. The number of hydrogen-bond acceptors (Lipinski definition) is 4. The van der Waals surface area contributed by atoms with E-state index in [-0.39, 0.29) is 11.6 Å². The SMILES string of the molecule is CC(=O)N/C(=C\c1ccccc1)C(=O)O[C@@H](C)C(=O)NCCC1=CCCCC1. The normalized spacial score (nSPS) is 15.2. The zero-order valence-electron chi connectivity index (χ0n) is 16.5. The molecule has 0 heterocycles. The Morgan fingerprint density at radius 1 is 1.18 bits per heavy atom. The maximum atomic E-state index is 12.4. The molecule has 1 aliphatic rings. The van der Waals surface area contributed by atoms with E-state index in [2.05, 4.69) is 16.7 Å². The monoisotopic (exact) mass is 384 g/mol. The maximum Gasteiger partial charge on any atom is 0.355 e. The summed E-state index contributed by atoms with van der Waals surface area (Å²) >= 11 is 0. The Kier molecular flexibility index (Phi) is 8.46. The Bertz CT molecular complexity index is 753. The highest BCUT2D eigenvalue weighted by atomic mass is 16.5. The average molecular weight is 384 g/mol. The first kappa shape index (κ1) is 21.4. The van der Waals surface area contributed by atoms with E-state index in [0.717, 1.165) is 24.8 Å². The molecule has 0 aliphatic heterocycles. The van der Waals surface area contributed by atoms with Crippen LogP contribution in [0.1, 0.15) is 51.5 Å². The van der Waals surface area contributed by atoms with Crippen LogP contribution in [-0.4, -0.2) is 30.4 Å². The second kappa shape index (κ2) is 11.1. The molecule has 0 unspecified atom stereocenters. The third-order valence-electron chi connectivity index (χ3n) is 4.42. The number of amides is 2. The number of carbonyl (C=O) groups excluding carboxylic acids is 3. The Labute approximate surface area is 166 Å². The predicted molar refractivity (Wildman–Crippen MR) is 108 cm³/mol. The molecule has 6 nitrogen and oxygen atoms in total. The van der Waals surface area contributed by atoms with E-state index in [1.807, 2.05) is 18.2 Å². The lowest BCUT2D eigenvalue weighted by atomic mass is 9.97. The molecular formula is C22H28N2O4. The molecule has 150 valence electrons. The molecule has 6 heteroatoms. The van der Waals surface area contributed by atoms with Gasteiger partial charge in [-0.25, -0.2) is 4.79 Å². The van der Waals surface area contributed by atoms with Gasteiger partial charge >= 0.3 is 5.97 Å². The largest absolute Gasteiger partial charge is 0.448 e. The second-order valence-corrected chi connectivity index (χ2v) is 6.85. The molecule has 0 saturated heterocycles. The number of ether oxygens (including phenoxy) is 1. The number of carbonyl (C=O) groups is 3. The Balaban J connectivity index is 1.89. The van der Waals surface area contributed by atoms with Crippen LogP contribution in [0.3, 0.4) is 0 Å². The average Bonchev–Trinajstić information content (AvgIpc) is 2.68. The lowest BCUT2D eigenvalue weighted by Crippen LogP contribution is -2.38. The fourth-order valence-electron chi connectivity index (χ4n) is 2.95. The smallest absolute Gasteiger partial charge is 0.355 e. The molecule has 0 fully saturated rings. The molecule has 1 aliphatic carbocycles. The van der Waals surface area contributed by atoms with Gasteiger partial charge in [-0.3, -0.25) is 9.59 Å². The van der Waals surface area contributed by atoms with Gasteiger partial charge in [-0.1, -0.05) is 42.0 Å². The van der Waals surface area contributed by atoms with E-state index in [1.165, 1.54) is 38.3 Å². The Morgan fingerprint density at radius 3 is 2.57 bits per heavy atom. The number of allylic oxidation sites excluding steroid dienone is 1. The standard InChI is InChI=1S/C22H28N2O4/c1-16(21(26)23-14-13-18-9-5-3-6-10-18)28-22(27)20(24-17(2)25)15-19-11-7-4-8-12-19/h4,7-9,11-12,15-16H,3,5-6,10,13-14H2,1-2H3,(H,23,26)(H,24,25)/b20-15-/t16-/m0/s1. The van der Waals surface area contributed by atoms with Crippen LogP contribution in [0.25, 0.3) is 6.08 Å². The van der Waals surface area contributed by atoms with Crippen molar-refractivity contribution in [1.29, 1.82) is 0 Å². The molecule has 2 N–H and O–H groups in total. The summed E-state index contributed by atoms with van der Waals surface area (Å²) in [6.45, 7) is 3.34. The van der Waals surface area contributed by atoms with Crippen LogP contribution in [0.5, 0.6) is 0 Å². The molecule has 1 atom stereocenters. The molecule has 0 bridgehead atoms. The fourth-order valence-corrected chi connectivity index (χ4v) is 2.95. The maximum absolute atomic E-state index is 12.4. The van der Waals surface area contributed by atoms with Gasteiger partial charge in [0, 0.05) is 13.5 Å². The molecule has 2 rings (SSSR count). The van der Waals surface area contributed by atoms with Crippen molar-refractivity contribution >= 4 is 23.9 Å². The molecule has 1 aromatic rings. The molecule has 0 spiro atoms. The van der Waals surface area contributed by atoms with Crippen molar-refractivity contribution in [2.45, 2.75) is 52.1 Å². The highest BCUT2D eigenvalue weighted by Gasteiger charge is 2.21. The number of hydrogen-bond donors (Lipinski definition) is 2. The van der Waals surface area contributed by atoms with Crippen molar-refractivity contribution in [1.82, 2.24) is 10.6 Å². The molecule has 0 aromatic heterocycles. The van der Waals surface area contributed by atoms with Crippen LogP contribution >= 0.6 is 0 Å². The first-order chi connectivity index (χ1) is 13.5. The van der Waals surface area contributed by atoms with Crippen molar-refractivity contribution in [3.8, 4) is 0 Å². The van der Waals surface area contributed by atoms with Gasteiger partial charge in [-0.05, 0) is 50.7 Å². The summed E-state index contributed by atoms with van der Waals surface area (Å²) in [6, 6.07) is 9.08. The van der Waals surface area contributed by atoms with Crippen molar-refractivity contribution in [2.24, 2.45) is 0 Å². The van der Waals surface area contributed by atoms with Gasteiger partial charge in [0.15, 0.2) is 6.10 Å². The zero-order valence-corrected chi connectivity index (χ0v) is 16.5. The van der Waals surface area contributed by atoms with Gasteiger partial charge in [0.1, 0.15) is 5.70 Å². The summed E-state index contributed by atoms with van der Waals surface area (Å²) in [5.41, 5.74) is 2.10. The summed E-state index contributed by atoms with van der Waals surface area (Å²) in [4.78, 5) is 36.0. The van der Waals surface area contributed by atoms with Gasteiger partial charge in [0.25, 0.3) is 5.91 Å². The van der Waals surface area contributed by atoms with E-state index in [9.17, 15) is 14.4 Å². The highest BCUT2D eigenvalue weighted by molar-refractivity contribution is 5.98. The minimum absolute atomic E-state index is 0.00860. The molecule has 0 radical (unpaired) electrons. The highest BCUT2D eigenvalue weighted by Crippen LogP contribution is 2.19. The van der Waals surface area contributed by atoms with E-state index in [0.29, 0.717) is 6.54 Å².